The Bertz CT molecular complexity index is 1100. The quantitative estimate of drug-likeness (QED) is 0.633. The van der Waals surface area contributed by atoms with Crippen molar-refractivity contribution >= 4 is 16.8 Å². The van der Waals surface area contributed by atoms with Crippen LogP contribution in [0.5, 0.6) is 5.75 Å². The Hall–Kier alpha value is -3.19. The number of benzene rings is 2. The summed E-state index contributed by atoms with van der Waals surface area (Å²) in [6, 6.07) is 14.8. The zero-order valence-corrected chi connectivity index (χ0v) is 17.8. The summed E-state index contributed by atoms with van der Waals surface area (Å²) in [4.78, 5) is 34.8. The number of aryl methyl sites for hydroxylation is 1. The summed E-state index contributed by atoms with van der Waals surface area (Å²) in [5.41, 5.74) is 1.52. The molecule has 2 heterocycles. The number of nitrogens with one attached hydrogen (secondary N) is 1. The molecule has 1 amide bonds. The SMILES string of the molecule is Cc1ccc(O[C@@H](C)C(=O)N(Cc2nc3ccccc3c(=O)[nH]2)C[C@@H]2CCCO2)cc1. The smallest absolute Gasteiger partial charge is 0.263 e. The van der Waals surface area contributed by atoms with Gasteiger partial charge in [0.1, 0.15) is 11.6 Å². The van der Waals surface area contributed by atoms with E-state index in [1.807, 2.05) is 37.3 Å². The molecule has 4 rings (SSSR count). The number of carbonyl (C=O) groups excluding carboxylic acids is 1. The van der Waals surface area contributed by atoms with Gasteiger partial charge >= 0.3 is 0 Å². The fourth-order valence-corrected chi connectivity index (χ4v) is 3.79. The summed E-state index contributed by atoms with van der Waals surface area (Å²) in [7, 11) is 0. The fourth-order valence-electron chi connectivity index (χ4n) is 3.79. The van der Waals surface area contributed by atoms with Crippen LogP contribution in [-0.2, 0) is 16.1 Å². The topological polar surface area (TPSA) is 84.5 Å². The number of amides is 1. The maximum absolute atomic E-state index is 13.3. The molecule has 1 aliphatic rings. The van der Waals surface area contributed by atoms with Crippen LogP contribution in [0.15, 0.2) is 53.3 Å². The minimum Gasteiger partial charge on any atom is -0.481 e. The standard InChI is InChI=1S/C24H27N3O4/c1-16-9-11-18(12-10-16)31-17(2)24(29)27(14-19-6-5-13-30-19)15-22-25-21-8-4-3-7-20(21)23(28)26-22/h3-4,7-12,17,19H,5-6,13-15H2,1-2H3,(H,25,26,28)/t17-,19-/m0/s1. The molecular formula is C24H27N3O4. The third-order valence-electron chi connectivity index (χ3n) is 5.44. The predicted molar refractivity (Wildman–Crippen MR) is 118 cm³/mol. The summed E-state index contributed by atoms with van der Waals surface area (Å²) >= 11 is 0. The molecule has 0 unspecified atom stereocenters. The Morgan fingerprint density at radius 3 is 2.77 bits per heavy atom. The molecule has 1 fully saturated rings. The maximum atomic E-state index is 13.3. The molecule has 0 spiro atoms. The van der Waals surface area contributed by atoms with E-state index in [-0.39, 0.29) is 24.1 Å². The molecule has 3 aromatic rings. The lowest BCUT2D eigenvalue weighted by Gasteiger charge is -2.28. The number of hydrogen-bond acceptors (Lipinski definition) is 5. The van der Waals surface area contributed by atoms with Crippen LogP contribution in [0.4, 0.5) is 0 Å². The van der Waals surface area contributed by atoms with Crippen LogP contribution in [0.3, 0.4) is 0 Å². The van der Waals surface area contributed by atoms with Gasteiger partial charge in [0.25, 0.3) is 11.5 Å². The molecule has 1 saturated heterocycles. The van der Waals surface area contributed by atoms with E-state index in [1.165, 1.54) is 0 Å². The van der Waals surface area contributed by atoms with Gasteiger partial charge in [-0.25, -0.2) is 4.98 Å². The summed E-state index contributed by atoms with van der Waals surface area (Å²) in [5.74, 6) is 0.908. The van der Waals surface area contributed by atoms with Crippen molar-refractivity contribution in [2.75, 3.05) is 13.2 Å². The number of fused-ring (bicyclic) bond motifs is 1. The predicted octanol–water partition coefficient (Wildman–Crippen LogP) is 3.21. The van der Waals surface area contributed by atoms with E-state index >= 15 is 0 Å². The van der Waals surface area contributed by atoms with Crippen molar-refractivity contribution in [3.05, 3.63) is 70.3 Å². The number of nitrogens with zero attached hydrogens (tertiary/aromatic N) is 2. The van der Waals surface area contributed by atoms with E-state index in [9.17, 15) is 9.59 Å². The molecule has 7 nitrogen and oxygen atoms in total. The number of hydrogen-bond donors (Lipinski definition) is 1. The van der Waals surface area contributed by atoms with E-state index in [0.717, 1.165) is 18.4 Å². The van der Waals surface area contributed by atoms with Crippen molar-refractivity contribution in [1.82, 2.24) is 14.9 Å². The van der Waals surface area contributed by atoms with Crippen molar-refractivity contribution in [2.45, 2.75) is 45.4 Å². The van der Waals surface area contributed by atoms with Gasteiger partial charge in [-0.3, -0.25) is 9.59 Å². The highest BCUT2D eigenvalue weighted by Crippen LogP contribution is 2.18. The number of carbonyl (C=O) groups is 1. The molecule has 1 N–H and O–H groups in total. The van der Waals surface area contributed by atoms with Gasteiger partial charge in [-0.05, 0) is 51.0 Å². The average molecular weight is 421 g/mol. The Morgan fingerprint density at radius 1 is 1.26 bits per heavy atom. The fraction of sp³-hybridized carbons (Fsp3) is 0.375. The molecule has 1 aromatic heterocycles. The highest BCUT2D eigenvalue weighted by Gasteiger charge is 2.27. The van der Waals surface area contributed by atoms with E-state index in [4.69, 9.17) is 9.47 Å². The van der Waals surface area contributed by atoms with Crippen LogP contribution in [0.2, 0.25) is 0 Å². The van der Waals surface area contributed by atoms with Gasteiger partial charge in [0.05, 0.1) is 23.6 Å². The first-order valence-electron chi connectivity index (χ1n) is 10.6. The van der Waals surface area contributed by atoms with Crippen molar-refractivity contribution in [2.24, 2.45) is 0 Å². The third-order valence-corrected chi connectivity index (χ3v) is 5.44. The van der Waals surface area contributed by atoms with Crippen molar-refractivity contribution in [1.29, 1.82) is 0 Å². The second kappa shape index (κ2) is 9.31. The number of H-pyrrole nitrogens is 1. The van der Waals surface area contributed by atoms with Gasteiger partial charge in [-0.2, -0.15) is 0 Å². The number of ether oxygens (including phenoxy) is 2. The summed E-state index contributed by atoms with van der Waals surface area (Å²) < 4.78 is 11.6. The van der Waals surface area contributed by atoms with Crippen LogP contribution in [0.25, 0.3) is 10.9 Å². The Morgan fingerprint density at radius 2 is 2.03 bits per heavy atom. The van der Waals surface area contributed by atoms with E-state index in [2.05, 4.69) is 9.97 Å². The lowest BCUT2D eigenvalue weighted by Crippen LogP contribution is -2.44. The summed E-state index contributed by atoms with van der Waals surface area (Å²) in [6.45, 7) is 5.05. The van der Waals surface area contributed by atoms with Gasteiger partial charge in [0, 0.05) is 13.2 Å². The first kappa shape index (κ1) is 21.1. The average Bonchev–Trinajstić information content (AvgIpc) is 3.27. The maximum Gasteiger partial charge on any atom is 0.263 e. The normalized spacial score (nSPS) is 16.9. The minimum atomic E-state index is -0.684. The zero-order valence-electron chi connectivity index (χ0n) is 17.8. The second-order valence-electron chi connectivity index (χ2n) is 7.96. The summed E-state index contributed by atoms with van der Waals surface area (Å²) in [5, 5.41) is 0.527. The van der Waals surface area contributed by atoms with E-state index < -0.39 is 6.10 Å². The lowest BCUT2D eigenvalue weighted by atomic mass is 10.2. The molecular weight excluding hydrogens is 394 g/mol. The van der Waals surface area contributed by atoms with Gasteiger partial charge in [-0.15, -0.1) is 0 Å². The monoisotopic (exact) mass is 421 g/mol. The number of aromatic amines is 1. The van der Waals surface area contributed by atoms with Gasteiger partial charge < -0.3 is 19.4 Å². The van der Waals surface area contributed by atoms with Crippen LogP contribution < -0.4 is 10.3 Å². The number of aromatic nitrogens is 2. The van der Waals surface area contributed by atoms with Crippen molar-refractivity contribution in [3.63, 3.8) is 0 Å². The van der Waals surface area contributed by atoms with E-state index in [0.29, 0.717) is 35.6 Å². The molecule has 0 radical (unpaired) electrons. The Kier molecular flexibility index (Phi) is 6.32. The molecule has 1 aliphatic heterocycles. The van der Waals surface area contributed by atoms with Crippen LogP contribution >= 0.6 is 0 Å². The van der Waals surface area contributed by atoms with Crippen LogP contribution in [0, 0.1) is 6.92 Å². The largest absolute Gasteiger partial charge is 0.481 e. The third kappa shape index (κ3) is 5.11. The van der Waals surface area contributed by atoms with Gasteiger partial charge in [0.15, 0.2) is 6.10 Å². The highest BCUT2D eigenvalue weighted by molar-refractivity contribution is 5.81. The molecule has 2 atom stereocenters. The zero-order chi connectivity index (χ0) is 21.8. The second-order valence-corrected chi connectivity index (χ2v) is 7.96. The highest BCUT2D eigenvalue weighted by atomic mass is 16.5. The molecule has 162 valence electrons. The molecule has 2 aromatic carbocycles. The Labute approximate surface area is 181 Å². The first-order valence-corrected chi connectivity index (χ1v) is 10.6. The number of rotatable bonds is 7. The van der Waals surface area contributed by atoms with Crippen LogP contribution in [0.1, 0.15) is 31.2 Å². The number of para-hydroxylation sites is 1. The molecule has 0 aliphatic carbocycles. The van der Waals surface area contributed by atoms with Crippen LogP contribution in [-0.4, -0.2) is 46.1 Å². The lowest BCUT2D eigenvalue weighted by molar-refractivity contribution is -0.140. The van der Waals surface area contributed by atoms with Gasteiger partial charge in [0.2, 0.25) is 0 Å². The first-order chi connectivity index (χ1) is 15.0. The van der Waals surface area contributed by atoms with Gasteiger partial charge in [-0.1, -0.05) is 29.8 Å². The molecule has 7 heteroatoms. The minimum absolute atomic E-state index is 0.0253. The van der Waals surface area contributed by atoms with E-state index in [1.54, 1.807) is 30.0 Å². The molecule has 31 heavy (non-hydrogen) atoms. The van der Waals surface area contributed by atoms with Crippen molar-refractivity contribution < 1.29 is 14.3 Å². The Balaban J connectivity index is 1.55. The van der Waals surface area contributed by atoms with Crippen molar-refractivity contribution in [3.8, 4) is 5.75 Å². The summed E-state index contributed by atoms with van der Waals surface area (Å²) in [6.07, 6.45) is 1.17. The molecule has 0 bridgehead atoms. The molecule has 0 saturated carbocycles.